The summed E-state index contributed by atoms with van der Waals surface area (Å²) in [6.07, 6.45) is 3.41. The van der Waals surface area contributed by atoms with Crippen molar-refractivity contribution in [3.63, 3.8) is 0 Å². The van der Waals surface area contributed by atoms with Gasteiger partial charge in [0.2, 0.25) is 0 Å². The molecule has 1 aromatic carbocycles. The number of likely N-dealkylation sites (N-methyl/N-ethyl adjacent to an activating group) is 1. The van der Waals surface area contributed by atoms with E-state index in [-0.39, 0.29) is 5.54 Å². The molecule has 0 heterocycles. The molecule has 1 N–H and O–H groups in total. The van der Waals surface area contributed by atoms with E-state index in [2.05, 4.69) is 76.3 Å². The normalized spacial score (nSPS) is 16.1. The Morgan fingerprint density at radius 3 is 2.45 bits per heavy atom. The summed E-state index contributed by atoms with van der Waals surface area (Å²) >= 11 is 0. The predicted octanol–water partition coefficient (Wildman–Crippen LogP) is 3.64. The van der Waals surface area contributed by atoms with Crippen LogP contribution >= 0.6 is 0 Å². The van der Waals surface area contributed by atoms with Crippen LogP contribution in [0.15, 0.2) is 24.3 Å². The van der Waals surface area contributed by atoms with Gasteiger partial charge in [-0.15, -0.1) is 0 Å². The summed E-state index contributed by atoms with van der Waals surface area (Å²) in [5.74, 6) is 0. The molecule has 0 aliphatic heterocycles. The summed E-state index contributed by atoms with van der Waals surface area (Å²) in [7, 11) is 4.39. The SMILES string of the molecule is CCCNC(Cc1cccc(C)c1)C(C)(CC)N(C)C. The van der Waals surface area contributed by atoms with Crippen molar-refractivity contribution in [2.75, 3.05) is 20.6 Å². The second kappa shape index (κ2) is 7.80. The number of nitrogens with zero attached hydrogens (tertiary/aromatic N) is 1. The minimum atomic E-state index is 0.179. The Balaban J connectivity index is 2.94. The number of aryl methyl sites for hydroxylation is 1. The fourth-order valence-corrected chi connectivity index (χ4v) is 2.78. The summed E-state index contributed by atoms with van der Waals surface area (Å²) in [5.41, 5.74) is 2.96. The molecule has 1 aromatic rings. The highest BCUT2D eigenvalue weighted by atomic mass is 15.2. The molecular formula is C18H32N2. The van der Waals surface area contributed by atoms with Gasteiger partial charge in [-0.3, -0.25) is 0 Å². The Kier molecular flexibility index (Phi) is 6.70. The molecule has 0 fully saturated rings. The van der Waals surface area contributed by atoms with Crippen LogP contribution in [0.4, 0.5) is 0 Å². The summed E-state index contributed by atoms with van der Waals surface area (Å²) in [6, 6.07) is 9.37. The first-order valence-electron chi connectivity index (χ1n) is 7.90. The lowest BCUT2D eigenvalue weighted by atomic mass is 9.83. The zero-order chi connectivity index (χ0) is 15.2. The molecule has 2 heteroatoms. The molecule has 20 heavy (non-hydrogen) atoms. The maximum Gasteiger partial charge on any atom is 0.0328 e. The van der Waals surface area contributed by atoms with E-state index in [9.17, 15) is 0 Å². The lowest BCUT2D eigenvalue weighted by Gasteiger charge is -2.43. The average Bonchev–Trinajstić information content (AvgIpc) is 2.42. The van der Waals surface area contributed by atoms with Gasteiger partial charge < -0.3 is 10.2 Å². The highest BCUT2D eigenvalue weighted by Crippen LogP contribution is 2.24. The maximum atomic E-state index is 3.77. The highest BCUT2D eigenvalue weighted by molar-refractivity contribution is 5.23. The topological polar surface area (TPSA) is 15.3 Å². The minimum absolute atomic E-state index is 0.179. The van der Waals surface area contributed by atoms with Crippen LogP contribution < -0.4 is 5.32 Å². The van der Waals surface area contributed by atoms with Crippen molar-refractivity contribution in [2.45, 2.75) is 58.5 Å². The van der Waals surface area contributed by atoms with Gasteiger partial charge in [0.15, 0.2) is 0 Å². The molecule has 0 saturated carbocycles. The molecule has 2 nitrogen and oxygen atoms in total. The van der Waals surface area contributed by atoms with Crippen molar-refractivity contribution in [3.8, 4) is 0 Å². The van der Waals surface area contributed by atoms with Crippen LogP contribution in [0.1, 0.15) is 44.7 Å². The summed E-state index contributed by atoms with van der Waals surface area (Å²) < 4.78 is 0. The van der Waals surface area contributed by atoms with Gasteiger partial charge >= 0.3 is 0 Å². The summed E-state index contributed by atoms with van der Waals surface area (Å²) in [6.45, 7) is 10.1. The van der Waals surface area contributed by atoms with Gasteiger partial charge in [-0.05, 0) is 59.3 Å². The van der Waals surface area contributed by atoms with Crippen molar-refractivity contribution in [1.82, 2.24) is 10.2 Å². The van der Waals surface area contributed by atoms with Crippen LogP contribution in [0.3, 0.4) is 0 Å². The van der Waals surface area contributed by atoms with Gasteiger partial charge in [0.1, 0.15) is 0 Å². The van der Waals surface area contributed by atoms with Gasteiger partial charge in [0.05, 0.1) is 0 Å². The van der Waals surface area contributed by atoms with E-state index in [0.29, 0.717) is 6.04 Å². The second-order valence-corrected chi connectivity index (χ2v) is 6.31. The Labute approximate surface area is 125 Å². The van der Waals surface area contributed by atoms with E-state index < -0.39 is 0 Å². The Hall–Kier alpha value is -0.860. The Morgan fingerprint density at radius 1 is 1.25 bits per heavy atom. The van der Waals surface area contributed by atoms with E-state index in [1.807, 2.05) is 0 Å². The van der Waals surface area contributed by atoms with Crippen LogP contribution in [0, 0.1) is 6.92 Å². The minimum Gasteiger partial charge on any atom is -0.312 e. The molecule has 2 atom stereocenters. The van der Waals surface area contributed by atoms with Gasteiger partial charge in [-0.25, -0.2) is 0 Å². The van der Waals surface area contributed by atoms with Crippen molar-refractivity contribution in [1.29, 1.82) is 0 Å². The fourth-order valence-electron chi connectivity index (χ4n) is 2.78. The molecule has 0 spiro atoms. The first-order valence-corrected chi connectivity index (χ1v) is 7.90. The third-order valence-corrected chi connectivity index (χ3v) is 4.65. The van der Waals surface area contributed by atoms with Gasteiger partial charge in [0, 0.05) is 11.6 Å². The Morgan fingerprint density at radius 2 is 1.95 bits per heavy atom. The molecule has 0 saturated heterocycles. The van der Waals surface area contributed by atoms with Gasteiger partial charge in [-0.1, -0.05) is 43.7 Å². The zero-order valence-electron chi connectivity index (χ0n) is 14.2. The largest absolute Gasteiger partial charge is 0.312 e. The summed E-state index contributed by atoms with van der Waals surface area (Å²) in [4.78, 5) is 2.37. The van der Waals surface area contributed by atoms with Crippen molar-refractivity contribution in [2.24, 2.45) is 0 Å². The van der Waals surface area contributed by atoms with E-state index in [0.717, 1.165) is 19.4 Å². The van der Waals surface area contributed by atoms with Crippen molar-refractivity contribution in [3.05, 3.63) is 35.4 Å². The third kappa shape index (κ3) is 4.32. The second-order valence-electron chi connectivity index (χ2n) is 6.31. The van der Waals surface area contributed by atoms with E-state index in [4.69, 9.17) is 0 Å². The van der Waals surface area contributed by atoms with Crippen LogP contribution in [-0.4, -0.2) is 37.1 Å². The number of rotatable bonds is 8. The van der Waals surface area contributed by atoms with Gasteiger partial charge in [0.25, 0.3) is 0 Å². The van der Waals surface area contributed by atoms with Crippen molar-refractivity contribution >= 4 is 0 Å². The van der Waals surface area contributed by atoms with E-state index in [1.54, 1.807) is 0 Å². The molecule has 114 valence electrons. The van der Waals surface area contributed by atoms with E-state index >= 15 is 0 Å². The first-order chi connectivity index (χ1) is 9.43. The monoisotopic (exact) mass is 276 g/mol. The number of hydrogen-bond acceptors (Lipinski definition) is 2. The molecule has 0 radical (unpaired) electrons. The zero-order valence-corrected chi connectivity index (χ0v) is 14.2. The molecule has 0 aliphatic carbocycles. The molecule has 1 rings (SSSR count). The average molecular weight is 276 g/mol. The maximum absolute atomic E-state index is 3.77. The molecular weight excluding hydrogens is 244 g/mol. The van der Waals surface area contributed by atoms with Crippen LogP contribution in [-0.2, 0) is 6.42 Å². The van der Waals surface area contributed by atoms with Crippen LogP contribution in [0.5, 0.6) is 0 Å². The lowest BCUT2D eigenvalue weighted by Crippen LogP contribution is -2.57. The van der Waals surface area contributed by atoms with Gasteiger partial charge in [-0.2, -0.15) is 0 Å². The summed E-state index contributed by atoms with van der Waals surface area (Å²) in [5, 5.41) is 3.77. The molecule has 2 unspecified atom stereocenters. The lowest BCUT2D eigenvalue weighted by molar-refractivity contribution is 0.112. The Bertz CT molecular complexity index is 400. The van der Waals surface area contributed by atoms with Crippen LogP contribution in [0.2, 0.25) is 0 Å². The number of hydrogen-bond donors (Lipinski definition) is 1. The molecule has 0 aromatic heterocycles. The molecule has 0 amide bonds. The van der Waals surface area contributed by atoms with Crippen molar-refractivity contribution < 1.29 is 0 Å². The van der Waals surface area contributed by atoms with E-state index in [1.165, 1.54) is 17.5 Å². The smallest absolute Gasteiger partial charge is 0.0328 e. The highest BCUT2D eigenvalue weighted by Gasteiger charge is 2.34. The molecule has 0 bridgehead atoms. The standard InChI is InChI=1S/C18H32N2/c1-7-12-19-17(18(4,8-2)20(5)6)14-16-11-9-10-15(3)13-16/h9-11,13,17,19H,7-8,12,14H2,1-6H3. The number of benzene rings is 1. The first kappa shape index (κ1) is 17.2. The van der Waals surface area contributed by atoms with Crippen LogP contribution in [0.25, 0.3) is 0 Å². The third-order valence-electron chi connectivity index (χ3n) is 4.65. The number of nitrogens with one attached hydrogen (secondary N) is 1. The predicted molar refractivity (Wildman–Crippen MR) is 89.3 cm³/mol. The molecule has 0 aliphatic rings. The fraction of sp³-hybridized carbons (Fsp3) is 0.667. The quantitative estimate of drug-likeness (QED) is 0.780.